The quantitative estimate of drug-likeness (QED) is 0.0362. The van der Waals surface area contributed by atoms with E-state index >= 15 is 8.78 Å². The van der Waals surface area contributed by atoms with Crippen LogP contribution in [0.5, 0.6) is 11.5 Å². The maximum absolute atomic E-state index is 17.6. The van der Waals surface area contributed by atoms with E-state index in [1.54, 1.807) is 45.3 Å². The molecular formula is C66H88F2N4O2S6. The number of halogens is 2. The average molecular weight is 1200 g/mol. The molecule has 6 aromatic heterocycles. The van der Waals surface area contributed by atoms with Crippen molar-refractivity contribution in [3.05, 3.63) is 68.9 Å². The standard InChI is InChI=1S/C66H88F2N4O2S6/c1-9-15-21-25-31-45(29-19-13-5)39-47-41-52(76-44(47)8)54-58(67)59(68)55(61-60(54)69-79-70-61)53-42-48(40-46(30-20-14-6)32-26-22-16-10-2)66(78-53)51-36-35-50(77-51)57-63-62(71-80-72-63)56(49-34-33-43(7)75-49)64(73-37-27-23-17-11-3)65(57)74-38-28-24-18-12-4/h33-36,41-42,45-46H,9-32,37-40H2,1-8H3. The van der Waals surface area contributed by atoms with Gasteiger partial charge in [-0.15, -0.1) is 45.3 Å². The van der Waals surface area contributed by atoms with Crippen LogP contribution >= 0.6 is 68.8 Å². The number of benzene rings is 2. The second kappa shape index (κ2) is 31.8. The van der Waals surface area contributed by atoms with Gasteiger partial charge in [0.1, 0.15) is 22.1 Å². The number of unbranched alkanes of at least 4 members (excludes halogenated alkanes) is 14. The van der Waals surface area contributed by atoms with Crippen molar-refractivity contribution in [3.8, 4) is 63.0 Å². The molecule has 0 aliphatic carbocycles. The lowest BCUT2D eigenvalue weighted by Gasteiger charge is -2.20. The molecule has 8 rings (SSSR count). The van der Waals surface area contributed by atoms with Crippen molar-refractivity contribution in [1.29, 1.82) is 0 Å². The highest BCUT2D eigenvalue weighted by molar-refractivity contribution is 7.25. The van der Waals surface area contributed by atoms with Crippen molar-refractivity contribution in [2.75, 3.05) is 13.2 Å². The van der Waals surface area contributed by atoms with Crippen LogP contribution in [-0.2, 0) is 12.8 Å². The molecule has 0 fully saturated rings. The second-order valence-corrected chi connectivity index (χ2v) is 28.1. The maximum atomic E-state index is 17.6. The molecule has 6 heterocycles. The summed E-state index contributed by atoms with van der Waals surface area (Å²) in [4.78, 5) is 8.08. The molecule has 0 amide bonds. The molecule has 80 heavy (non-hydrogen) atoms. The normalized spacial score (nSPS) is 12.7. The van der Waals surface area contributed by atoms with Crippen LogP contribution in [0.25, 0.3) is 73.6 Å². The molecule has 0 aliphatic heterocycles. The summed E-state index contributed by atoms with van der Waals surface area (Å²) in [7, 11) is 0. The molecule has 0 saturated heterocycles. The molecule has 2 unspecified atom stereocenters. The highest BCUT2D eigenvalue weighted by Crippen LogP contribution is 2.55. The third kappa shape index (κ3) is 15.6. The summed E-state index contributed by atoms with van der Waals surface area (Å²) >= 11 is 8.85. The van der Waals surface area contributed by atoms with Gasteiger partial charge < -0.3 is 9.47 Å². The number of hydrogen-bond donors (Lipinski definition) is 0. The first-order valence-electron chi connectivity index (χ1n) is 30.7. The van der Waals surface area contributed by atoms with Crippen LogP contribution in [0.4, 0.5) is 8.78 Å². The van der Waals surface area contributed by atoms with Gasteiger partial charge in [-0.2, -0.15) is 17.5 Å². The van der Waals surface area contributed by atoms with Crippen LogP contribution in [0.15, 0.2) is 36.4 Å². The summed E-state index contributed by atoms with van der Waals surface area (Å²) < 4.78 is 68.6. The molecule has 8 aromatic rings. The van der Waals surface area contributed by atoms with Gasteiger partial charge in [0.05, 0.1) is 58.9 Å². The minimum Gasteiger partial charge on any atom is -0.489 e. The predicted molar refractivity (Wildman–Crippen MR) is 347 cm³/mol. The lowest BCUT2D eigenvalue weighted by molar-refractivity contribution is 0.261. The topological polar surface area (TPSA) is 70.0 Å². The smallest absolute Gasteiger partial charge is 0.172 e. The Balaban J connectivity index is 1.24. The average Bonchev–Trinajstić information content (AvgIpc) is 4.36. The molecule has 0 N–H and O–H groups in total. The fourth-order valence-electron chi connectivity index (χ4n) is 11.4. The van der Waals surface area contributed by atoms with E-state index in [-0.39, 0.29) is 11.1 Å². The van der Waals surface area contributed by atoms with Crippen molar-refractivity contribution < 1.29 is 18.3 Å². The minimum absolute atomic E-state index is 0.215. The Bertz CT molecular complexity index is 3160. The zero-order valence-electron chi connectivity index (χ0n) is 49.2. The summed E-state index contributed by atoms with van der Waals surface area (Å²) in [5.74, 6) is 0.833. The molecule has 2 aromatic carbocycles. The van der Waals surface area contributed by atoms with Gasteiger partial charge in [0.2, 0.25) is 0 Å². The molecule has 6 nitrogen and oxygen atoms in total. The van der Waals surface area contributed by atoms with Gasteiger partial charge in [-0.1, -0.05) is 183 Å². The number of aromatic nitrogens is 4. The fourth-order valence-corrected chi connectivity index (χ4v) is 17.0. The molecular weight excluding hydrogens is 1110 g/mol. The summed E-state index contributed by atoms with van der Waals surface area (Å²) in [6.45, 7) is 19.0. The van der Waals surface area contributed by atoms with Crippen LogP contribution in [0, 0.1) is 37.3 Å². The number of rotatable bonds is 37. The Morgan fingerprint density at radius 1 is 0.412 bits per heavy atom. The van der Waals surface area contributed by atoms with Gasteiger partial charge in [-0.25, -0.2) is 8.78 Å². The lowest BCUT2D eigenvalue weighted by atomic mass is 9.89. The van der Waals surface area contributed by atoms with Gasteiger partial charge in [0.25, 0.3) is 0 Å². The second-order valence-electron chi connectivity index (χ2n) is 22.4. The minimum atomic E-state index is -0.847. The highest BCUT2D eigenvalue weighted by atomic mass is 32.1. The van der Waals surface area contributed by atoms with Crippen LogP contribution < -0.4 is 9.47 Å². The Morgan fingerprint density at radius 3 is 1.31 bits per heavy atom. The summed E-state index contributed by atoms with van der Waals surface area (Å²) in [6, 6.07) is 13.1. The third-order valence-electron chi connectivity index (χ3n) is 16.0. The maximum Gasteiger partial charge on any atom is 0.172 e. The lowest BCUT2D eigenvalue weighted by Crippen LogP contribution is -2.06. The first kappa shape index (κ1) is 62.4. The molecule has 0 bridgehead atoms. The molecule has 14 heteroatoms. The summed E-state index contributed by atoms with van der Waals surface area (Å²) in [6.07, 6.45) is 29.7. The summed E-state index contributed by atoms with van der Waals surface area (Å²) in [5.41, 5.74) is 7.25. The predicted octanol–water partition coefficient (Wildman–Crippen LogP) is 23.7. The Labute approximate surface area is 502 Å². The number of nitrogens with zero attached hydrogens (tertiary/aromatic N) is 4. The van der Waals surface area contributed by atoms with Gasteiger partial charge in [-0.3, -0.25) is 0 Å². The first-order valence-corrected chi connectivity index (χ1v) is 35.5. The van der Waals surface area contributed by atoms with Crippen molar-refractivity contribution in [2.45, 2.75) is 222 Å². The Hall–Kier alpha value is -3.66. The molecule has 434 valence electrons. The van der Waals surface area contributed by atoms with Crippen LogP contribution in [0.2, 0.25) is 0 Å². The highest BCUT2D eigenvalue weighted by Gasteiger charge is 2.32. The Kier molecular flexibility index (Phi) is 24.8. The van der Waals surface area contributed by atoms with Crippen LogP contribution in [-0.4, -0.2) is 30.7 Å². The van der Waals surface area contributed by atoms with E-state index in [0.29, 0.717) is 41.0 Å². The fraction of sp³-hybridized carbons (Fsp3) is 0.576. The number of hydrogen-bond acceptors (Lipinski definition) is 12. The van der Waals surface area contributed by atoms with E-state index in [1.807, 2.05) is 0 Å². The molecule has 2 atom stereocenters. The monoisotopic (exact) mass is 1200 g/mol. The van der Waals surface area contributed by atoms with E-state index in [4.69, 9.17) is 27.0 Å². The van der Waals surface area contributed by atoms with Gasteiger partial charge in [-0.05, 0) is 98.9 Å². The van der Waals surface area contributed by atoms with Crippen molar-refractivity contribution in [2.24, 2.45) is 11.8 Å². The van der Waals surface area contributed by atoms with Crippen molar-refractivity contribution in [3.63, 3.8) is 0 Å². The van der Waals surface area contributed by atoms with E-state index < -0.39 is 11.6 Å². The zero-order chi connectivity index (χ0) is 56.4. The van der Waals surface area contributed by atoms with Crippen LogP contribution in [0.1, 0.15) is 217 Å². The Morgan fingerprint density at radius 2 is 0.825 bits per heavy atom. The SMILES string of the molecule is CCCCCCOc1c(OCCCCCC)c(-c2ccc(-c3sc(-c4c(F)c(F)c(-c5cc(CC(CCCC)CCCCCC)c(C)s5)c5nsnc45)cc3CC(CCCC)CCCCCC)s2)c2nsnc2c1-c1ccc(C)s1. The first-order chi connectivity index (χ1) is 39.1. The van der Waals surface area contributed by atoms with E-state index in [0.717, 1.165) is 160 Å². The van der Waals surface area contributed by atoms with Gasteiger partial charge >= 0.3 is 0 Å². The number of aryl methyl sites for hydroxylation is 2. The molecule has 0 aliphatic rings. The van der Waals surface area contributed by atoms with Crippen molar-refractivity contribution in [1.82, 2.24) is 17.5 Å². The molecule has 0 radical (unpaired) electrons. The van der Waals surface area contributed by atoms with Crippen LogP contribution in [0.3, 0.4) is 0 Å². The van der Waals surface area contributed by atoms with E-state index in [9.17, 15) is 0 Å². The number of thiophene rings is 4. The zero-order valence-corrected chi connectivity index (χ0v) is 54.1. The van der Waals surface area contributed by atoms with Gasteiger partial charge in [0.15, 0.2) is 23.1 Å². The van der Waals surface area contributed by atoms with Gasteiger partial charge in [0, 0.05) is 39.0 Å². The number of fused-ring (bicyclic) bond motifs is 2. The molecule has 0 saturated carbocycles. The summed E-state index contributed by atoms with van der Waals surface area (Å²) in [5, 5.41) is 0. The van der Waals surface area contributed by atoms with E-state index in [2.05, 4.69) is 91.8 Å². The van der Waals surface area contributed by atoms with Crippen molar-refractivity contribution >= 4 is 90.9 Å². The third-order valence-corrected chi connectivity index (χ3v) is 21.6. The number of ether oxygens (including phenoxy) is 2. The molecule has 0 spiro atoms. The largest absolute Gasteiger partial charge is 0.489 e. The van der Waals surface area contributed by atoms with E-state index in [1.165, 1.54) is 110 Å².